The van der Waals surface area contributed by atoms with E-state index in [2.05, 4.69) is 10.6 Å². The minimum Gasteiger partial charge on any atom is -0.493 e. The first kappa shape index (κ1) is 33.1. The van der Waals surface area contributed by atoms with Crippen molar-refractivity contribution in [3.05, 3.63) is 113 Å². The van der Waals surface area contributed by atoms with E-state index in [-0.39, 0.29) is 28.0 Å². The zero-order valence-corrected chi connectivity index (χ0v) is 27.0. The summed E-state index contributed by atoms with van der Waals surface area (Å²) < 4.78 is 39.3. The van der Waals surface area contributed by atoms with Gasteiger partial charge in [-0.15, -0.1) is 0 Å². The molecule has 0 aliphatic heterocycles. The van der Waals surface area contributed by atoms with Crippen LogP contribution < -0.4 is 24.4 Å². The molecule has 0 saturated heterocycles. The van der Waals surface area contributed by atoms with Crippen LogP contribution in [0.2, 0.25) is 0 Å². The van der Waals surface area contributed by atoms with E-state index in [1.807, 2.05) is 51.1 Å². The molecule has 4 rings (SSSR count). The number of ether oxygens (including phenoxy) is 2. The number of amides is 2. The predicted octanol–water partition coefficient (Wildman–Crippen LogP) is 5.94. The smallest absolute Gasteiger partial charge is 0.264 e. The Bertz CT molecular complexity index is 1740. The van der Waals surface area contributed by atoms with E-state index in [0.29, 0.717) is 30.2 Å². The summed E-state index contributed by atoms with van der Waals surface area (Å²) in [6.07, 6.45) is 0.544. The lowest BCUT2D eigenvalue weighted by atomic mass is 10.0. The normalized spacial score (nSPS) is 11.2. The van der Waals surface area contributed by atoms with Crippen LogP contribution >= 0.6 is 0 Å². The molecule has 236 valence electrons. The number of anilines is 2. The molecule has 45 heavy (non-hydrogen) atoms. The highest BCUT2D eigenvalue weighted by molar-refractivity contribution is 7.92. The average Bonchev–Trinajstić information content (AvgIpc) is 3.04. The average molecular weight is 630 g/mol. The van der Waals surface area contributed by atoms with Gasteiger partial charge in [0.15, 0.2) is 11.5 Å². The molecular weight excluding hydrogens is 590 g/mol. The largest absolute Gasteiger partial charge is 0.493 e. The lowest BCUT2D eigenvalue weighted by Crippen LogP contribution is -2.38. The highest BCUT2D eigenvalue weighted by atomic mass is 32.2. The highest BCUT2D eigenvalue weighted by Gasteiger charge is 2.28. The van der Waals surface area contributed by atoms with E-state index in [4.69, 9.17) is 9.47 Å². The first-order chi connectivity index (χ1) is 21.5. The molecule has 4 aromatic carbocycles. The zero-order valence-electron chi connectivity index (χ0n) is 26.2. The summed E-state index contributed by atoms with van der Waals surface area (Å²) in [5, 5.41) is 5.64. The zero-order chi connectivity index (χ0) is 32.6. The second kappa shape index (κ2) is 14.8. The van der Waals surface area contributed by atoms with E-state index in [1.165, 1.54) is 12.1 Å². The van der Waals surface area contributed by atoms with Crippen molar-refractivity contribution in [3.8, 4) is 11.5 Å². The van der Waals surface area contributed by atoms with Gasteiger partial charge >= 0.3 is 0 Å². The first-order valence-electron chi connectivity index (χ1n) is 14.6. The Hall–Kier alpha value is -4.83. The molecule has 0 spiro atoms. The maximum Gasteiger partial charge on any atom is 0.264 e. The van der Waals surface area contributed by atoms with Crippen LogP contribution in [0, 0.1) is 6.92 Å². The van der Waals surface area contributed by atoms with Gasteiger partial charge in [-0.25, -0.2) is 8.42 Å². The monoisotopic (exact) mass is 629 g/mol. The molecule has 0 heterocycles. The number of carbonyl (C=O) groups is 2. The lowest BCUT2D eigenvalue weighted by molar-refractivity contribution is -0.114. The molecule has 0 unspecified atom stereocenters. The van der Waals surface area contributed by atoms with Crippen molar-refractivity contribution in [2.45, 2.75) is 38.0 Å². The lowest BCUT2D eigenvalue weighted by Gasteiger charge is -2.25. The van der Waals surface area contributed by atoms with E-state index in [1.54, 1.807) is 62.8 Å². The molecule has 0 radical (unpaired) electrons. The number of rotatable bonds is 13. The van der Waals surface area contributed by atoms with E-state index in [0.717, 1.165) is 21.0 Å². The van der Waals surface area contributed by atoms with Crippen LogP contribution in [0.4, 0.5) is 11.4 Å². The summed E-state index contributed by atoms with van der Waals surface area (Å²) in [6, 6.07) is 25.8. The fraction of sp³-hybridized carbons (Fsp3) is 0.257. The van der Waals surface area contributed by atoms with Crippen molar-refractivity contribution in [1.29, 1.82) is 0 Å². The quantitative estimate of drug-likeness (QED) is 0.189. The Morgan fingerprint density at radius 2 is 1.51 bits per heavy atom. The number of para-hydroxylation sites is 1. The van der Waals surface area contributed by atoms with Crippen molar-refractivity contribution in [2.24, 2.45) is 0 Å². The van der Waals surface area contributed by atoms with Gasteiger partial charge in [0.2, 0.25) is 5.91 Å². The first-order valence-corrected chi connectivity index (χ1v) is 16.0. The standard InChI is InChI=1S/C35H39N3O6S/c1-24(2)27-13-15-28(16-14-27)38(45(41,42)29-17-10-25(3)11-18-29)23-34(39)37-31-9-7-6-8-30(31)35(40)36-21-20-26-12-19-32(43-4)33(22-26)44-5/h6-19,22,24H,20-21,23H2,1-5H3,(H,36,40)(H,37,39). The number of benzene rings is 4. The molecule has 0 bridgehead atoms. The van der Waals surface area contributed by atoms with Gasteiger partial charge < -0.3 is 20.1 Å². The number of nitrogens with one attached hydrogen (secondary N) is 2. The third-order valence-corrected chi connectivity index (χ3v) is 9.12. The number of sulfonamides is 1. The number of hydrogen-bond donors (Lipinski definition) is 2. The minimum absolute atomic E-state index is 0.0723. The second-order valence-corrected chi connectivity index (χ2v) is 12.7. The maximum absolute atomic E-state index is 13.8. The number of hydrogen-bond acceptors (Lipinski definition) is 6. The van der Waals surface area contributed by atoms with Crippen LogP contribution in [-0.2, 0) is 21.2 Å². The van der Waals surface area contributed by atoms with Gasteiger partial charge in [0, 0.05) is 6.54 Å². The minimum atomic E-state index is -4.09. The topological polar surface area (TPSA) is 114 Å². The van der Waals surface area contributed by atoms with Gasteiger partial charge in [-0.2, -0.15) is 0 Å². The second-order valence-electron chi connectivity index (χ2n) is 10.9. The summed E-state index contributed by atoms with van der Waals surface area (Å²) >= 11 is 0. The van der Waals surface area contributed by atoms with Crippen molar-refractivity contribution in [2.75, 3.05) is 36.9 Å². The molecule has 2 N–H and O–H groups in total. The Morgan fingerprint density at radius 3 is 2.16 bits per heavy atom. The fourth-order valence-electron chi connectivity index (χ4n) is 4.74. The van der Waals surface area contributed by atoms with Gasteiger partial charge in [-0.05, 0) is 78.9 Å². The third kappa shape index (κ3) is 8.21. The molecule has 10 heteroatoms. The van der Waals surface area contributed by atoms with E-state index >= 15 is 0 Å². The van der Waals surface area contributed by atoms with Crippen LogP contribution in [0.1, 0.15) is 46.8 Å². The molecule has 0 aliphatic rings. The molecule has 0 aromatic heterocycles. The Kier molecular flexibility index (Phi) is 10.9. The van der Waals surface area contributed by atoms with E-state index in [9.17, 15) is 18.0 Å². The molecule has 4 aromatic rings. The van der Waals surface area contributed by atoms with Crippen LogP contribution in [0.25, 0.3) is 0 Å². The van der Waals surface area contributed by atoms with Crippen LogP contribution in [0.15, 0.2) is 95.9 Å². The molecule has 0 aliphatic carbocycles. The SMILES string of the molecule is COc1ccc(CCNC(=O)c2ccccc2NC(=O)CN(c2ccc(C(C)C)cc2)S(=O)(=O)c2ccc(C)cc2)cc1OC. The predicted molar refractivity (Wildman–Crippen MR) is 177 cm³/mol. The van der Waals surface area contributed by atoms with Crippen molar-refractivity contribution >= 4 is 33.2 Å². The Labute approximate surface area is 265 Å². The highest BCUT2D eigenvalue weighted by Crippen LogP contribution is 2.28. The van der Waals surface area contributed by atoms with Crippen LogP contribution in [-0.4, -0.2) is 47.5 Å². The van der Waals surface area contributed by atoms with Gasteiger partial charge in [-0.3, -0.25) is 13.9 Å². The number of carbonyl (C=O) groups excluding carboxylic acids is 2. The molecule has 9 nitrogen and oxygen atoms in total. The number of nitrogens with zero attached hydrogens (tertiary/aromatic N) is 1. The van der Waals surface area contributed by atoms with Crippen molar-refractivity contribution in [1.82, 2.24) is 5.32 Å². The van der Waals surface area contributed by atoms with E-state index < -0.39 is 22.5 Å². The van der Waals surface area contributed by atoms with Gasteiger partial charge in [0.05, 0.1) is 36.1 Å². The molecule has 2 amide bonds. The Balaban J connectivity index is 1.51. The molecule has 0 fully saturated rings. The van der Waals surface area contributed by atoms with Crippen LogP contribution in [0.5, 0.6) is 11.5 Å². The van der Waals surface area contributed by atoms with Crippen molar-refractivity contribution < 1.29 is 27.5 Å². The summed E-state index contributed by atoms with van der Waals surface area (Å²) in [6.45, 7) is 5.81. The maximum atomic E-state index is 13.8. The summed E-state index contributed by atoms with van der Waals surface area (Å²) in [7, 11) is -0.958. The summed E-state index contributed by atoms with van der Waals surface area (Å²) in [5.74, 6) is 0.506. The molecule has 0 atom stereocenters. The molecular formula is C35H39N3O6S. The van der Waals surface area contributed by atoms with Gasteiger partial charge in [0.25, 0.3) is 15.9 Å². The summed E-state index contributed by atoms with van der Waals surface area (Å²) in [4.78, 5) is 26.6. The number of aryl methyl sites for hydroxylation is 1. The van der Waals surface area contributed by atoms with Crippen molar-refractivity contribution in [3.63, 3.8) is 0 Å². The molecule has 0 saturated carbocycles. The summed E-state index contributed by atoms with van der Waals surface area (Å²) in [5.41, 5.74) is 3.79. The third-order valence-electron chi connectivity index (χ3n) is 7.34. The Morgan fingerprint density at radius 1 is 0.844 bits per heavy atom. The van der Waals surface area contributed by atoms with Gasteiger partial charge in [-0.1, -0.05) is 61.9 Å². The van der Waals surface area contributed by atoms with Crippen LogP contribution in [0.3, 0.4) is 0 Å². The fourth-order valence-corrected chi connectivity index (χ4v) is 6.16. The van der Waals surface area contributed by atoms with Gasteiger partial charge in [0.1, 0.15) is 6.54 Å². The number of methoxy groups -OCH3 is 2.